The summed E-state index contributed by atoms with van der Waals surface area (Å²) in [5.74, 6) is -1.15. The van der Waals surface area contributed by atoms with Crippen LogP contribution in [0.4, 0.5) is 14.5 Å². The fourth-order valence-corrected chi connectivity index (χ4v) is 3.21. The Morgan fingerprint density at radius 2 is 1.89 bits per heavy atom. The second-order valence-corrected chi connectivity index (χ2v) is 5.34. The van der Waals surface area contributed by atoms with E-state index in [9.17, 15) is 8.78 Å². The molecule has 3 nitrogen and oxygen atoms in total. The Kier molecular flexibility index (Phi) is 3.41. The van der Waals surface area contributed by atoms with Gasteiger partial charge in [0.25, 0.3) is 0 Å². The van der Waals surface area contributed by atoms with Crippen molar-refractivity contribution in [2.75, 3.05) is 31.1 Å². The number of halogens is 2. The SMILES string of the molecule is OCc1cc(F)c(N2CCN3CCCC3C2)c(F)c1. The quantitative estimate of drug-likeness (QED) is 0.885. The Hall–Kier alpha value is -1.20. The van der Waals surface area contributed by atoms with Crippen molar-refractivity contribution in [1.82, 2.24) is 4.90 Å². The number of nitrogens with zero attached hydrogens (tertiary/aromatic N) is 2. The van der Waals surface area contributed by atoms with Crippen molar-refractivity contribution >= 4 is 5.69 Å². The van der Waals surface area contributed by atoms with E-state index in [1.807, 2.05) is 0 Å². The Labute approximate surface area is 111 Å². The van der Waals surface area contributed by atoms with Crippen molar-refractivity contribution < 1.29 is 13.9 Å². The van der Waals surface area contributed by atoms with Crippen LogP contribution in [0.15, 0.2) is 12.1 Å². The van der Waals surface area contributed by atoms with Gasteiger partial charge in [-0.25, -0.2) is 8.78 Å². The van der Waals surface area contributed by atoms with E-state index in [1.165, 1.54) is 18.6 Å². The molecule has 1 unspecified atom stereocenters. The summed E-state index contributed by atoms with van der Waals surface area (Å²) in [6.07, 6.45) is 2.28. The molecule has 2 aliphatic heterocycles. The molecule has 5 heteroatoms. The van der Waals surface area contributed by atoms with E-state index in [-0.39, 0.29) is 17.9 Å². The number of aliphatic hydroxyl groups is 1. The lowest BCUT2D eigenvalue weighted by Gasteiger charge is -2.39. The highest BCUT2D eigenvalue weighted by molar-refractivity contribution is 5.51. The number of rotatable bonds is 2. The van der Waals surface area contributed by atoms with Crippen LogP contribution in [-0.2, 0) is 6.61 Å². The van der Waals surface area contributed by atoms with Gasteiger partial charge in [-0.05, 0) is 37.1 Å². The first kappa shape index (κ1) is 12.8. The highest BCUT2D eigenvalue weighted by atomic mass is 19.1. The minimum atomic E-state index is -0.574. The molecule has 1 aromatic rings. The molecule has 0 bridgehead atoms. The van der Waals surface area contributed by atoms with E-state index in [4.69, 9.17) is 5.11 Å². The van der Waals surface area contributed by atoms with E-state index in [1.54, 1.807) is 4.90 Å². The first-order chi connectivity index (χ1) is 9.19. The maximum Gasteiger partial charge on any atom is 0.149 e. The van der Waals surface area contributed by atoms with Crippen LogP contribution in [0.2, 0.25) is 0 Å². The van der Waals surface area contributed by atoms with E-state index in [0.717, 1.165) is 19.5 Å². The molecule has 104 valence electrons. The van der Waals surface area contributed by atoms with Gasteiger partial charge >= 0.3 is 0 Å². The molecule has 0 aliphatic carbocycles. The van der Waals surface area contributed by atoms with E-state index in [0.29, 0.717) is 19.1 Å². The van der Waals surface area contributed by atoms with Crippen molar-refractivity contribution in [3.8, 4) is 0 Å². The number of hydrogen-bond acceptors (Lipinski definition) is 3. The Balaban J connectivity index is 1.86. The molecule has 19 heavy (non-hydrogen) atoms. The van der Waals surface area contributed by atoms with E-state index >= 15 is 0 Å². The molecule has 3 rings (SSSR count). The molecule has 2 fully saturated rings. The third-order valence-corrected chi connectivity index (χ3v) is 4.16. The van der Waals surface area contributed by atoms with Gasteiger partial charge in [0.1, 0.15) is 17.3 Å². The van der Waals surface area contributed by atoms with Gasteiger partial charge in [-0.1, -0.05) is 0 Å². The zero-order valence-corrected chi connectivity index (χ0v) is 10.8. The number of piperazine rings is 1. The van der Waals surface area contributed by atoms with Gasteiger partial charge in [0.15, 0.2) is 0 Å². The van der Waals surface area contributed by atoms with Gasteiger partial charge in [0.2, 0.25) is 0 Å². The molecule has 0 aromatic heterocycles. The summed E-state index contributed by atoms with van der Waals surface area (Å²) >= 11 is 0. The molecule has 2 heterocycles. The largest absolute Gasteiger partial charge is 0.392 e. The number of benzene rings is 1. The third-order valence-electron chi connectivity index (χ3n) is 4.16. The van der Waals surface area contributed by atoms with Crippen molar-refractivity contribution in [1.29, 1.82) is 0 Å². The molecule has 2 saturated heterocycles. The van der Waals surface area contributed by atoms with Crippen LogP contribution < -0.4 is 4.90 Å². The summed E-state index contributed by atoms with van der Waals surface area (Å²) in [5, 5.41) is 8.96. The van der Waals surface area contributed by atoms with Crippen LogP contribution in [0.25, 0.3) is 0 Å². The number of aliphatic hydroxyl groups excluding tert-OH is 1. The molecule has 1 atom stereocenters. The van der Waals surface area contributed by atoms with Gasteiger partial charge in [-0.2, -0.15) is 0 Å². The summed E-state index contributed by atoms with van der Waals surface area (Å²) in [6, 6.07) is 2.86. The van der Waals surface area contributed by atoms with Gasteiger partial charge in [-0.3, -0.25) is 4.90 Å². The Bertz CT molecular complexity index is 458. The number of anilines is 1. The van der Waals surface area contributed by atoms with E-state index < -0.39 is 11.6 Å². The predicted octanol–water partition coefficient (Wildman–Crippen LogP) is 1.74. The maximum absolute atomic E-state index is 14.0. The first-order valence-electron chi connectivity index (χ1n) is 6.77. The molecule has 2 aliphatic rings. The summed E-state index contributed by atoms with van der Waals surface area (Å²) in [7, 11) is 0. The second kappa shape index (κ2) is 5.06. The van der Waals surface area contributed by atoms with Gasteiger partial charge in [0.05, 0.1) is 6.61 Å². The van der Waals surface area contributed by atoms with Crippen LogP contribution in [0, 0.1) is 11.6 Å². The maximum atomic E-state index is 14.0. The molecule has 0 spiro atoms. The molecule has 0 saturated carbocycles. The molecule has 0 amide bonds. The minimum Gasteiger partial charge on any atom is -0.392 e. The summed E-state index contributed by atoms with van der Waals surface area (Å²) < 4.78 is 28.0. The van der Waals surface area contributed by atoms with E-state index in [2.05, 4.69) is 4.90 Å². The average molecular weight is 268 g/mol. The number of fused-ring (bicyclic) bond motifs is 1. The zero-order valence-electron chi connectivity index (χ0n) is 10.8. The summed E-state index contributed by atoms with van der Waals surface area (Å²) in [5.41, 5.74) is 0.335. The molecule has 0 radical (unpaired) electrons. The van der Waals surface area contributed by atoms with Crippen LogP contribution in [0.3, 0.4) is 0 Å². The van der Waals surface area contributed by atoms with Gasteiger partial charge in [-0.15, -0.1) is 0 Å². The molecule has 1 aromatic carbocycles. The topological polar surface area (TPSA) is 26.7 Å². The molecule has 1 N–H and O–H groups in total. The fraction of sp³-hybridized carbons (Fsp3) is 0.571. The monoisotopic (exact) mass is 268 g/mol. The highest BCUT2D eigenvalue weighted by Crippen LogP contribution is 2.30. The van der Waals surface area contributed by atoms with Crippen LogP contribution in [0.1, 0.15) is 18.4 Å². The van der Waals surface area contributed by atoms with Gasteiger partial charge < -0.3 is 10.0 Å². The second-order valence-electron chi connectivity index (χ2n) is 5.34. The Morgan fingerprint density at radius 1 is 1.16 bits per heavy atom. The number of hydrogen-bond donors (Lipinski definition) is 1. The average Bonchev–Trinajstić information content (AvgIpc) is 2.85. The van der Waals surface area contributed by atoms with Crippen molar-refractivity contribution in [3.63, 3.8) is 0 Å². The minimum absolute atomic E-state index is 0.0590. The highest BCUT2D eigenvalue weighted by Gasteiger charge is 2.32. The first-order valence-corrected chi connectivity index (χ1v) is 6.77. The smallest absolute Gasteiger partial charge is 0.149 e. The fourth-order valence-electron chi connectivity index (χ4n) is 3.21. The molecular weight excluding hydrogens is 250 g/mol. The predicted molar refractivity (Wildman–Crippen MR) is 69.1 cm³/mol. The van der Waals surface area contributed by atoms with Crippen molar-refractivity contribution in [3.05, 3.63) is 29.3 Å². The third kappa shape index (κ3) is 2.32. The zero-order chi connectivity index (χ0) is 13.4. The lowest BCUT2D eigenvalue weighted by Crippen LogP contribution is -2.50. The van der Waals surface area contributed by atoms with Crippen LogP contribution >= 0.6 is 0 Å². The lowest BCUT2D eigenvalue weighted by molar-refractivity contribution is 0.229. The normalized spacial score (nSPS) is 23.7. The summed E-state index contributed by atoms with van der Waals surface area (Å²) in [4.78, 5) is 4.20. The lowest BCUT2D eigenvalue weighted by atomic mass is 10.1. The Morgan fingerprint density at radius 3 is 2.58 bits per heavy atom. The van der Waals surface area contributed by atoms with Crippen molar-refractivity contribution in [2.45, 2.75) is 25.5 Å². The standard InChI is InChI=1S/C14H18F2N2O/c15-12-6-10(9-19)7-13(16)14(12)18-5-4-17-3-1-2-11(17)8-18/h6-7,11,19H,1-5,8-9H2. The van der Waals surface area contributed by atoms with Crippen molar-refractivity contribution in [2.24, 2.45) is 0 Å². The summed E-state index contributed by atoms with van der Waals surface area (Å²) in [6.45, 7) is 2.97. The van der Waals surface area contributed by atoms with Crippen LogP contribution in [0.5, 0.6) is 0 Å². The molecular formula is C14H18F2N2O. The van der Waals surface area contributed by atoms with Gasteiger partial charge in [0, 0.05) is 25.7 Å². The van der Waals surface area contributed by atoms with Crippen LogP contribution in [-0.4, -0.2) is 42.2 Å².